The van der Waals surface area contributed by atoms with Gasteiger partial charge in [-0.15, -0.1) is 10.2 Å². The molecule has 5 unspecified atom stereocenters. The third-order valence-corrected chi connectivity index (χ3v) is 6.31. The van der Waals surface area contributed by atoms with Crippen LogP contribution in [-0.2, 0) is 4.74 Å². The molecule has 10 heteroatoms. The van der Waals surface area contributed by atoms with E-state index in [9.17, 15) is 13.6 Å². The lowest BCUT2D eigenvalue weighted by molar-refractivity contribution is -0.0214. The maximum atomic E-state index is 14.5. The van der Waals surface area contributed by atoms with E-state index in [1.165, 1.54) is 12.1 Å². The van der Waals surface area contributed by atoms with Gasteiger partial charge in [0.15, 0.2) is 5.15 Å². The summed E-state index contributed by atoms with van der Waals surface area (Å²) in [7, 11) is 0. The summed E-state index contributed by atoms with van der Waals surface area (Å²) >= 11 is 5.91. The minimum atomic E-state index is -1.16. The minimum Gasteiger partial charge on any atom is -0.471 e. The number of halogens is 3. The van der Waals surface area contributed by atoms with Crippen molar-refractivity contribution in [1.82, 2.24) is 15.1 Å². The zero-order valence-electron chi connectivity index (χ0n) is 17.6. The van der Waals surface area contributed by atoms with Crippen LogP contribution in [0.2, 0.25) is 5.15 Å². The number of aromatic nitrogens is 2. The average molecular weight is 467 g/mol. The van der Waals surface area contributed by atoms with Gasteiger partial charge in [-0.1, -0.05) is 23.7 Å². The van der Waals surface area contributed by atoms with Crippen molar-refractivity contribution in [2.24, 2.45) is 5.73 Å². The second-order valence-electron chi connectivity index (χ2n) is 8.44. The monoisotopic (exact) mass is 466 g/mol. The van der Waals surface area contributed by atoms with Crippen LogP contribution in [0, 0.1) is 12.7 Å². The van der Waals surface area contributed by atoms with Crippen LogP contribution in [0.25, 0.3) is 0 Å². The Morgan fingerprint density at radius 2 is 1.94 bits per heavy atom. The predicted molar refractivity (Wildman–Crippen MR) is 114 cm³/mol. The number of rotatable bonds is 5. The molecule has 32 heavy (non-hydrogen) atoms. The van der Waals surface area contributed by atoms with Crippen LogP contribution in [0.4, 0.5) is 13.6 Å². The van der Waals surface area contributed by atoms with Crippen LogP contribution in [-0.4, -0.2) is 58.7 Å². The Morgan fingerprint density at radius 3 is 2.62 bits per heavy atom. The lowest BCUT2D eigenvalue weighted by Crippen LogP contribution is -2.53. The standard InChI is InChI=1S/C22H25ClF2N4O3/c1-12-6-20(23)27-28-21(12)32-19-8-14(13-2-4-15(24)5-3-13)7-18(19)29-10-16(25)9-17(11-29)31-22(26)30/h2-6,14,16-19H,7-11H2,1H3,(H2,26,30). The van der Waals surface area contributed by atoms with Crippen LogP contribution in [0.3, 0.4) is 0 Å². The largest absolute Gasteiger partial charge is 0.471 e. The van der Waals surface area contributed by atoms with Gasteiger partial charge in [-0.05, 0) is 49.4 Å². The lowest BCUT2D eigenvalue weighted by atomic mass is 9.97. The van der Waals surface area contributed by atoms with Gasteiger partial charge in [0, 0.05) is 31.1 Å². The first-order valence-corrected chi connectivity index (χ1v) is 10.9. The fourth-order valence-corrected chi connectivity index (χ4v) is 4.94. The number of nitrogens with two attached hydrogens (primary N) is 1. The highest BCUT2D eigenvalue weighted by Crippen LogP contribution is 2.40. The molecule has 2 aliphatic rings. The van der Waals surface area contributed by atoms with Crippen molar-refractivity contribution in [3.63, 3.8) is 0 Å². The molecule has 0 spiro atoms. The molecular weight excluding hydrogens is 442 g/mol. The van der Waals surface area contributed by atoms with Gasteiger partial charge < -0.3 is 15.2 Å². The summed E-state index contributed by atoms with van der Waals surface area (Å²) in [6.07, 6.45) is -1.60. The molecular formula is C22H25ClF2N4O3. The van der Waals surface area contributed by atoms with Crippen LogP contribution in [0.1, 0.15) is 36.3 Å². The highest BCUT2D eigenvalue weighted by atomic mass is 35.5. The number of aryl methyl sites for hydroxylation is 1. The molecule has 1 saturated heterocycles. The molecule has 1 aliphatic carbocycles. The zero-order chi connectivity index (χ0) is 22.8. The molecule has 1 aliphatic heterocycles. The summed E-state index contributed by atoms with van der Waals surface area (Å²) in [6, 6.07) is 7.89. The van der Waals surface area contributed by atoms with Crippen molar-refractivity contribution >= 4 is 17.7 Å². The number of hydrogen-bond acceptors (Lipinski definition) is 6. The molecule has 1 aromatic heterocycles. The van der Waals surface area contributed by atoms with E-state index in [1.807, 2.05) is 11.8 Å². The Bertz CT molecular complexity index is 965. The van der Waals surface area contributed by atoms with E-state index in [0.29, 0.717) is 25.3 Å². The van der Waals surface area contributed by atoms with Crippen LogP contribution >= 0.6 is 11.6 Å². The number of likely N-dealkylation sites (tertiary alicyclic amines) is 1. The zero-order valence-corrected chi connectivity index (χ0v) is 18.3. The SMILES string of the molecule is Cc1cc(Cl)nnc1OC1CC(c2ccc(F)cc2)CC1N1CC(F)CC(OC(N)=O)C1. The van der Waals surface area contributed by atoms with Crippen molar-refractivity contribution in [3.8, 4) is 5.88 Å². The molecule has 2 fully saturated rings. The number of amides is 1. The summed E-state index contributed by atoms with van der Waals surface area (Å²) in [6.45, 7) is 2.38. The maximum Gasteiger partial charge on any atom is 0.404 e. The second kappa shape index (κ2) is 9.54. The number of ether oxygens (including phenoxy) is 2. The Labute approximate surface area is 189 Å². The van der Waals surface area contributed by atoms with Gasteiger partial charge in [-0.2, -0.15) is 0 Å². The van der Waals surface area contributed by atoms with Crippen molar-refractivity contribution in [1.29, 1.82) is 0 Å². The van der Waals surface area contributed by atoms with Crippen molar-refractivity contribution in [3.05, 3.63) is 52.4 Å². The van der Waals surface area contributed by atoms with E-state index >= 15 is 0 Å². The number of benzene rings is 1. The molecule has 2 N–H and O–H groups in total. The number of primary amides is 1. The highest BCUT2D eigenvalue weighted by Gasteiger charge is 2.43. The lowest BCUT2D eigenvalue weighted by Gasteiger charge is -2.39. The number of nitrogens with zero attached hydrogens (tertiary/aromatic N) is 3. The Hall–Kier alpha value is -2.52. The number of piperidine rings is 1. The quantitative estimate of drug-likeness (QED) is 0.721. The molecule has 1 amide bonds. The first-order chi connectivity index (χ1) is 15.3. The van der Waals surface area contributed by atoms with E-state index in [4.69, 9.17) is 26.8 Å². The van der Waals surface area contributed by atoms with Gasteiger partial charge in [0.05, 0.1) is 0 Å². The summed E-state index contributed by atoms with van der Waals surface area (Å²) < 4.78 is 39.3. The summed E-state index contributed by atoms with van der Waals surface area (Å²) in [5, 5.41) is 8.20. The van der Waals surface area contributed by atoms with E-state index in [1.54, 1.807) is 18.2 Å². The van der Waals surface area contributed by atoms with E-state index in [2.05, 4.69) is 10.2 Å². The molecule has 172 valence electrons. The Balaban J connectivity index is 1.58. The smallest absolute Gasteiger partial charge is 0.404 e. The molecule has 1 aromatic carbocycles. The molecule has 0 radical (unpaired) electrons. The molecule has 7 nitrogen and oxygen atoms in total. The molecule has 4 rings (SSSR count). The molecule has 5 atom stereocenters. The second-order valence-corrected chi connectivity index (χ2v) is 8.83. The molecule has 0 bridgehead atoms. The van der Waals surface area contributed by atoms with Gasteiger partial charge in [0.1, 0.15) is 24.2 Å². The van der Waals surface area contributed by atoms with Crippen molar-refractivity contribution in [2.75, 3.05) is 13.1 Å². The third kappa shape index (κ3) is 5.27. The normalized spacial score (nSPS) is 28.4. The fourth-order valence-electron chi connectivity index (χ4n) is 4.74. The fraction of sp³-hybridized carbons (Fsp3) is 0.500. The van der Waals surface area contributed by atoms with E-state index < -0.39 is 18.4 Å². The Kier molecular flexibility index (Phi) is 6.76. The van der Waals surface area contributed by atoms with Gasteiger partial charge >= 0.3 is 6.09 Å². The first-order valence-electron chi connectivity index (χ1n) is 10.5. The number of hydrogen-bond donors (Lipinski definition) is 1. The number of carbonyl (C=O) groups is 1. The molecule has 2 heterocycles. The molecule has 2 aromatic rings. The van der Waals surface area contributed by atoms with Crippen LogP contribution < -0.4 is 10.5 Å². The van der Waals surface area contributed by atoms with Crippen LogP contribution in [0.5, 0.6) is 5.88 Å². The molecule has 1 saturated carbocycles. The number of alkyl halides is 1. The minimum absolute atomic E-state index is 0.0849. The topological polar surface area (TPSA) is 90.6 Å². The average Bonchev–Trinajstić information content (AvgIpc) is 3.13. The van der Waals surface area contributed by atoms with Crippen LogP contribution in [0.15, 0.2) is 30.3 Å². The summed E-state index contributed by atoms with van der Waals surface area (Å²) in [5.74, 6) is 0.149. The summed E-state index contributed by atoms with van der Waals surface area (Å²) in [5.41, 5.74) is 6.88. The van der Waals surface area contributed by atoms with Gasteiger partial charge in [0.25, 0.3) is 0 Å². The summed E-state index contributed by atoms with van der Waals surface area (Å²) in [4.78, 5) is 13.2. The third-order valence-electron chi connectivity index (χ3n) is 6.13. The van der Waals surface area contributed by atoms with Gasteiger partial charge in [-0.25, -0.2) is 13.6 Å². The first kappa shape index (κ1) is 22.7. The number of carbonyl (C=O) groups excluding carboxylic acids is 1. The van der Waals surface area contributed by atoms with Gasteiger partial charge in [0.2, 0.25) is 5.88 Å². The van der Waals surface area contributed by atoms with E-state index in [-0.39, 0.29) is 42.0 Å². The predicted octanol–water partition coefficient (Wildman–Crippen LogP) is 3.78. The highest BCUT2D eigenvalue weighted by molar-refractivity contribution is 6.29. The Morgan fingerprint density at radius 1 is 1.19 bits per heavy atom. The van der Waals surface area contributed by atoms with Crippen molar-refractivity contribution < 1.29 is 23.0 Å². The van der Waals surface area contributed by atoms with E-state index in [0.717, 1.165) is 11.1 Å². The maximum absolute atomic E-state index is 14.5. The van der Waals surface area contributed by atoms with Gasteiger partial charge in [-0.3, -0.25) is 4.90 Å². The van der Waals surface area contributed by atoms with Crippen molar-refractivity contribution in [2.45, 2.75) is 56.5 Å².